The van der Waals surface area contributed by atoms with Crippen molar-refractivity contribution in [3.8, 4) is 11.5 Å². The van der Waals surface area contributed by atoms with Gasteiger partial charge in [-0.2, -0.15) is 0 Å². The van der Waals surface area contributed by atoms with Gasteiger partial charge in [0.1, 0.15) is 24.7 Å². The number of ether oxygens (including phenoxy) is 2. The number of carbonyl (C=O) groups excluding carboxylic acids is 1. The lowest BCUT2D eigenvalue weighted by Gasteiger charge is -2.12. The van der Waals surface area contributed by atoms with E-state index in [1.54, 1.807) is 24.3 Å². The number of para-hydroxylation sites is 2. The molecular formula is C17H19NO4. The third-order valence-electron chi connectivity index (χ3n) is 2.88. The zero-order chi connectivity index (χ0) is 15.6. The fourth-order valence-electron chi connectivity index (χ4n) is 1.87. The molecule has 0 bridgehead atoms. The summed E-state index contributed by atoms with van der Waals surface area (Å²) >= 11 is 0. The van der Waals surface area contributed by atoms with Crippen LogP contribution in [0.25, 0.3) is 0 Å². The van der Waals surface area contributed by atoms with Crippen molar-refractivity contribution in [3.63, 3.8) is 0 Å². The van der Waals surface area contributed by atoms with Crippen molar-refractivity contribution in [1.29, 1.82) is 0 Å². The van der Waals surface area contributed by atoms with E-state index in [4.69, 9.17) is 14.6 Å². The fourth-order valence-corrected chi connectivity index (χ4v) is 1.87. The summed E-state index contributed by atoms with van der Waals surface area (Å²) in [5.74, 6) is 1.00. The summed E-state index contributed by atoms with van der Waals surface area (Å²) in [7, 11) is 0. The van der Waals surface area contributed by atoms with Crippen molar-refractivity contribution < 1.29 is 19.4 Å². The van der Waals surface area contributed by atoms with Gasteiger partial charge in [0.15, 0.2) is 0 Å². The summed E-state index contributed by atoms with van der Waals surface area (Å²) in [5, 5.41) is 11.4. The topological polar surface area (TPSA) is 67.8 Å². The van der Waals surface area contributed by atoms with Crippen LogP contribution < -0.4 is 14.8 Å². The Morgan fingerprint density at radius 3 is 2.41 bits per heavy atom. The number of rotatable bonds is 8. The van der Waals surface area contributed by atoms with E-state index >= 15 is 0 Å². The molecule has 116 valence electrons. The fraction of sp³-hybridized carbons (Fsp3) is 0.235. The first-order chi connectivity index (χ1) is 10.8. The summed E-state index contributed by atoms with van der Waals surface area (Å²) in [6.07, 6.45) is 0. The Balaban J connectivity index is 1.86. The van der Waals surface area contributed by atoms with Crippen molar-refractivity contribution in [3.05, 3.63) is 60.2 Å². The van der Waals surface area contributed by atoms with Crippen molar-refractivity contribution in [2.24, 2.45) is 0 Å². The van der Waals surface area contributed by atoms with Crippen LogP contribution in [0, 0.1) is 0 Å². The van der Waals surface area contributed by atoms with Crippen LogP contribution in [-0.4, -0.2) is 37.4 Å². The highest BCUT2D eigenvalue weighted by molar-refractivity contribution is 5.96. The van der Waals surface area contributed by atoms with Gasteiger partial charge in [-0.25, -0.2) is 0 Å². The highest BCUT2D eigenvalue weighted by Gasteiger charge is 2.11. The molecular weight excluding hydrogens is 282 g/mol. The van der Waals surface area contributed by atoms with Gasteiger partial charge in [0, 0.05) is 6.54 Å². The van der Waals surface area contributed by atoms with E-state index in [1.165, 1.54) is 0 Å². The highest BCUT2D eigenvalue weighted by atomic mass is 16.5. The third kappa shape index (κ3) is 4.79. The number of aliphatic hydroxyl groups is 1. The predicted molar refractivity (Wildman–Crippen MR) is 83.3 cm³/mol. The monoisotopic (exact) mass is 301 g/mol. The van der Waals surface area contributed by atoms with E-state index in [1.807, 2.05) is 30.3 Å². The van der Waals surface area contributed by atoms with E-state index < -0.39 is 0 Å². The summed E-state index contributed by atoms with van der Waals surface area (Å²) < 4.78 is 11.1. The van der Waals surface area contributed by atoms with Gasteiger partial charge in [-0.15, -0.1) is 0 Å². The van der Waals surface area contributed by atoms with E-state index in [0.29, 0.717) is 24.5 Å². The van der Waals surface area contributed by atoms with Gasteiger partial charge >= 0.3 is 0 Å². The molecule has 0 atom stereocenters. The lowest BCUT2D eigenvalue weighted by atomic mass is 10.2. The molecule has 0 aliphatic heterocycles. The van der Waals surface area contributed by atoms with Gasteiger partial charge in [0.2, 0.25) is 0 Å². The second kappa shape index (κ2) is 8.69. The molecule has 2 N–H and O–H groups in total. The Bertz CT molecular complexity index is 586. The average molecular weight is 301 g/mol. The molecule has 2 aromatic carbocycles. The largest absolute Gasteiger partial charge is 0.490 e. The minimum atomic E-state index is -0.270. The maximum atomic E-state index is 11.9. The minimum Gasteiger partial charge on any atom is -0.490 e. The van der Waals surface area contributed by atoms with Crippen LogP contribution in [0.5, 0.6) is 11.5 Å². The molecule has 0 fully saturated rings. The quantitative estimate of drug-likeness (QED) is 0.730. The van der Waals surface area contributed by atoms with Gasteiger partial charge < -0.3 is 19.9 Å². The number of hydrogen-bond acceptors (Lipinski definition) is 4. The molecule has 0 heterocycles. The van der Waals surface area contributed by atoms with Crippen LogP contribution >= 0.6 is 0 Å². The lowest BCUT2D eigenvalue weighted by Crippen LogP contribution is -2.27. The zero-order valence-electron chi connectivity index (χ0n) is 12.2. The Hall–Kier alpha value is -2.53. The van der Waals surface area contributed by atoms with Crippen molar-refractivity contribution in [1.82, 2.24) is 5.32 Å². The number of amides is 1. The molecule has 0 aliphatic rings. The summed E-state index contributed by atoms with van der Waals surface area (Å²) in [6.45, 7) is 0.833. The average Bonchev–Trinajstić information content (AvgIpc) is 2.58. The van der Waals surface area contributed by atoms with Gasteiger partial charge in [0.05, 0.1) is 12.2 Å². The van der Waals surface area contributed by atoms with E-state index in [9.17, 15) is 4.79 Å². The predicted octanol–water partition coefficient (Wildman–Crippen LogP) is 1.87. The van der Waals surface area contributed by atoms with Crippen molar-refractivity contribution >= 4 is 5.91 Å². The molecule has 0 unspecified atom stereocenters. The Morgan fingerprint density at radius 1 is 0.955 bits per heavy atom. The first-order valence-electron chi connectivity index (χ1n) is 7.10. The lowest BCUT2D eigenvalue weighted by molar-refractivity contribution is 0.0939. The van der Waals surface area contributed by atoms with Gasteiger partial charge in [0.25, 0.3) is 5.91 Å². The van der Waals surface area contributed by atoms with Gasteiger partial charge in [-0.1, -0.05) is 30.3 Å². The third-order valence-corrected chi connectivity index (χ3v) is 2.88. The Kier molecular flexibility index (Phi) is 6.26. The van der Waals surface area contributed by atoms with Crippen LogP contribution in [0.1, 0.15) is 10.4 Å². The number of aliphatic hydroxyl groups excluding tert-OH is 1. The van der Waals surface area contributed by atoms with E-state index in [-0.39, 0.29) is 19.1 Å². The Morgan fingerprint density at radius 2 is 1.64 bits per heavy atom. The molecule has 0 aliphatic carbocycles. The number of benzene rings is 2. The van der Waals surface area contributed by atoms with Crippen molar-refractivity contribution in [2.45, 2.75) is 0 Å². The molecule has 0 spiro atoms. The minimum absolute atomic E-state index is 0.0975. The maximum absolute atomic E-state index is 11.9. The van der Waals surface area contributed by atoms with Crippen LogP contribution in [0.2, 0.25) is 0 Å². The molecule has 5 heteroatoms. The van der Waals surface area contributed by atoms with E-state index in [0.717, 1.165) is 5.75 Å². The molecule has 0 saturated heterocycles. The molecule has 0 radical (unpaired) electrons. The van der Waals surface area contributed by atoms with Crippen LogP contribution in [0.3, 0.4) is 0 Å². The van der Waals surface area contributed by atoms with Crippen molar-refractivity contribution in [2.75, 3.05) is 26.4 Å². The number of hydrogen-bond donors (Lipinski definition) is 2. The molecule has 0 aromatic heterocycles. The van der Waals surface area contributed by atoms with Gasteiger partial charge in [-0.3, -0.25) is 4.79 Å². The van der Waals surface area contributed by atoms with Crippen LogP contribution in [0.15, 0.2) is 54.6 Å². The second-order valence-corrected chi connectivity index (χ2v) is 4.49. The highest BCUT2D eigenvalue weighted by Crippen LogP contribution is 2.17. The second-order valence-electron chi connectivity index (χ2n) is 4.49. The summed E-state index contributed by atoms with van der Waals surface area (Å²) in [5.41, 5.74) is 0.440. The molecule has 2 rings (SSSR count). The van der Waals surface area contributed by atoms with Gasteiger partial charge in [-0.05, 0) is 24.3 Å². The number of carbonyl (C=O) groups is 1. The maximum Gasteiger partial charge on any atom is 0.255 e. The SMILES string of the molecule is O=C(NCCO)c1ccccc1OCCOc1ccccc1. The smallest absolute Gasteiger partial charge is 0.255 e. The summed E-state index contributed by atoms with van der Waals surface area (Å²) in [4.78, 5) is 11.9. The zero-order valence-corrected chi connectivity index (χ0v) is 12.2. The first-order valence-corrected chi connectivity index (χ1v) is 7.10. The summed E-state index contributed by atoms with van der Waals surface area (Å²) in [6, 6.07) is 16.4. The molecule has 22 heavy (non-hydrogen) atoms. The number of nitrogens with one attached hydrogen (secondary N) is 1. The molecule has 1 amide bonds. The standard InChI is InChI=1S/C17H19NO4/c19-11-10-18-17(20)15-8-4-5-9-16(15)22-13-12-21-14-6-2-1-3-7-14/h1-9,19H,10-13H2,(H,18,20). The Labute approximate surface area is 129 Å². The normalized spacial score (nSPS) is 10.0. The first kappa shape index (κ1) is 15.9. The van der Waals surface area contributed by atoms with E-state index in [2.05, 4.69) is 5.32 Å². The molecule has 2 aromatic rings. The molecule has 0 saturated carbocycles. The van der Waals surface area contributed by atoms with Crippen LogP contribution in [-0.2, 0) is 0 Å². The van der Waals surface area contributed by atoms with Crippen LogP contribution in [0.4, 0.5) is 0 Å². The molecule has 5 nitrogen and oxygen atoms in total.